The first-order valence-electron chi connectivity index (χ1n) is 9.25. The lowest BCUT2D eigenvalue weighted by molar-refractivity contribution is -0.137. The number of nitrogens with zero attached hydrogens (tertiary/aromatic N) is 5. The Hall–Kier alpha value is -3.17. The minimum atomic E-state index is -4.45. The van der Waals surface area contributed by atoms with Crippen LogP contribution in [0.1, 0.15) is 24.0 Å². The van der Waals surface area contributed by atoms with Crippen molar-refractivity contribution in [1.29, 1.82) is 0 Å². The van der Waals surface area contributed by atoms with Gasteiger partial charge in [-0.15, -0.1) is 10.2 Å². The maximum absolute atomic E-state index is 13.1. The molecule has 0 saturated carbocycles. The number of amides is 1. The van der Waals surface area contributed by atoms with Crippen LogP contribution in [-0.2, 0) is 17.5 Å². The molecule has 0 unspecified atom stereocenters. The lowest BCUT2D eigenvalue weighted by Crippen LogP contribution is -2.43. The van der Waals surface area contributed by atoms with Crippen LogP contribution < -0.4 is 10.2 Å². The molecule has 3 aromatic rings. The molecule has 1 aliphatic heterocycles. The standard InChI is InChI=1S/C19H19F3N6O/c20-19(21,22)15-3-4-16-25-26-18(28(16)12-15)27-9-1-2-14(11-27)17(29)24-10-13-5-7-23-8-6-13/h3-8,12,14H,1-2,9-11H2,(H,24,29)/t14-/m0/s1. The van der Waals surface area contributed by atoms with Crippen LogP contribution in [0.5, 0.6) is 0 Å². The van der Waals surface area contributed by atoms with Gasteiger partial charge in [0.2, 0.25) is 11.9 Å². The van der Waals surface area contributed by atoms with E-state index >= 15 is 0 Å². The molecule has 0 bridgehead atoms. The molecule has 0 radical (unpaired) electrons. The number of halogens is 3. The highest BCUT2D eigenvalue weighted by atomic mass is 19.4. The van der Waals surface area contributed by atoms with Crippen molar-refractivity contribution in [2.24, 2.45) is 5.92 Å². The van der Waals surface area contributed by atoms with Crippen molar-refractivity contribution in [3.05, 3.63) is 54.0 Å². The summed E-state index contributed by atoms with van der Waals surface area (Å²) in [6, 6.07) is 5.93. The van der Waals surface area contributed by atoms with E-state index in [4.69, 9.17) is 0 Å². The van der Waals surface area contributed by atoms with E-state index in [1.165, 1.54) is 10.5 Å². The number of hydrogen-bond donors (Lipinski definition) is 1. The second kappa shape index (κ2) is 7.69. The van der Waals surface area contributed by atoms with Crippen molar-refractivity contribution >= 4 is 17.5 Å². The largest absolute Gasteiger partial charge is 0.417 e. The molecule has 29 heavy (non-hydrogen) atoms. The Balaban J connectivity index is 1.49. The molecule has 152 valence electrons. The van der Waals surface area contributed by atoms with Crippen LogP contribution >= 0.6 is 0 Å². The van der Waals surface area contributed by atoms with E-state index in [2.05, 4.69) is 20.5 Å². The molecule has 1 atom stereocenters. The molecule has 10 heteroatoms. The van der Waals surface area contributed by atoms with Gasteiger partial charge in [0, 0.05) is 38.2 Å². The predicted molar refractivity (Wildman–Crippen MR) is 99.0 cm³/mol. The van der Waals surface area contributed by atoms with Crippen LogP contribution in [0, 0.1) is 5.92 Å². The van der Waals surface area contributed by atoms with Crippen LogP contribution in [0.25, 0.3) is 5.65 Å². The Bertz CT molecular complexity index is 1000. The normalized spacial score (nSPS) is 17.5. The van der Waals surface area contributed by atoms with Crippen LogP contribution in [0.3, 0.4) is 0 Å². The highest BCUT2D eigenvalue weighted by Crippen LogP contribution is 2.30. The quantitative estimate of drug-likeness (QED) is 0.724. The Morgan fingerprint density at radius 2 is 1.97 bits per heavy atom. The molecule has 7 nitrogen and oxygen atoms in total. The van der Waals surface area contributed by atoms with Crippen LogP contribution in [0.4, 0.5) is 19.1 Å². The van der Waals surface area contributed by atoms with Gasteiger partial charge in [-0.1, -0.05) is 0 Å². The number of aromatic nitrogens is 4. The van der Waals surface area contributed by atoms with E-state index in [1.54, 1.807) is 12.4 Å². The van der Waals surface area contributed by atoms with Crippen molar-refractivity contribution in [1.82, 2.24) is 24.9 Å². The maximum Gasteiger partial charge on any atom is 0.417 e. The molecular formula is C19H19F3N6O. The fourth-order valence-corrected chi connectivity index (χ4v) is 3.47. The lowest BCUT2D eigenvalue weighted by Gasteiger charge is -2.32. The molecule has 0 spiro atoms. The van der Waals surface area contributed by atoms with E-state index in [9.17, 15) is 18.0 Å². The summed E-state index contributed by atoms with van der Waals surface area (Å²) in [6.07, 6.45) is 1.32. The average Bonchev–Trinajstić information content (AvgIpc) is 3.15. The number of carbonyl (C=O) groups excluding carboxylic acids is 1. The second-order valence-corrected chi connectivity index (χ2v) is 7.00. The minimum Gasteiger partial charge on any atom is -0.352 e. The number of pyridine rings is 2. The molecule has 0 aliphatic carbocycles. The summed E-state index contributed by atoms with van der Waals surface area (Å²) in [5.41, 5.74) is 0.510. The highest BCUT2D eigenvalue weighted by Gasteiger charge is 2.32. The first-order valence-corrected chi connectivity index (χ1v) is 9.25. The number of piperidine rings is 1. The minimum absolute atomic E-state index is 0.0867. The van der Waals surface area contributed by atoms with Gasteiger partial charge in [-0.25, -0.2) is 0 Å². The molecular weight excluding hydrogens is 385 g/mol. The van der Waals surface area contributed by atoms with Crippen molar-refractivity contribution in [3.63, 3.8) is 0 Å². The van der Waals surface area contributed by atoms with E-state index in [0.717, 1.165) is 24.2 Å². The van der Waals surface area contributed by atoms with Gasteiger partial charge in [0.1, 0.15) is 0 Å². The van der Waals surface area contributed by atoms with E-state index < -0.39 is 11.7 Å². The third-order valence-corrected chi connectivity index (χ3v) is 5.00. The summed E-state index contributed by atoms with van der Waals surface area (Å²) in [7, 11) is 0. The van der Waals surface area contributed by atoms with Gasteiger partial charge >= 0.3 is 6.18 Å². The summed E-state index contributed by atoms with van der Waals surface area (Å²) < 4.78 is 40.5. The smallest absolute Gasteiger partial charge is 0.352 e. The van der Waals surface area contributed by atoms with E-state index in [-0.39, 0.29) is 11.8 Å². The number of anilines is 1. The first kappa shape index (κ1) is 19.2. The monoisotopic (exact) mass is 404 g/mol. The number of carbonyl (C=O) groups is 1. The number of fused-ring (bicyclic) bond motifs is 1. The molecule has 4 heterocycles. The Morgan fingerprint density at radius 3 is 2.72 bits per heavy atom. The Kier molecular flexibility index (Phi) is 5.08. The van der Waals surface area contributed by atoms with E-state index in [0.29, 0.717) is 37.7 Å². The molecule has 3 aromatic heterocycles. The molecule has 0 aromatic carbocycles. The number of nitrogens with one attached hydrogen (secondary N) is 1. The SMILES string of the molecule is O=C(NCc1ccncc1)[C@H]1CCCN(c2nnc3ccc(C(F)(F)F)cn23)C1. The van der Waals surface area contributed by atoms with Crippen LogP contribution in [0.2, 0.25) is 0 Å². The predicted octanol–water partition coefficient (Wildman–Crippen LogP) is 2.68. The molecule has 1 aliphatic rings. The summed E-state index contributed by atoms with van der Waals surface area (Å²) in [4.78, 5) is 18.4. The third-order valence-electron chi connectivity index (χ3n) is 5.00. The van der Waals surface area contributed by atoms with Gasteiger partial charge in [-0.05, 0) is 42.7 Å². The number of hydrogen-bond acceptors (Lipinski definition) is 5. The van der Waals surface area contributed by atoms with Crippen LogP contribution in [-0.4, -0.2) is 38.6 Å². The van der Waals surface area contributed by atoms with Gasteiger partial charge in [0.15, 0.2) is 5.65 Å². The molecule has 1 N–H and O–H groups in total. The van der Waals surface area contributed by atoms with Gasteiger partial charge < -0.3 is 10.2 Å². The van der Waals surface area contributed by atoms with Crippen molar-refractivity contribution < 1.29 is 18.0 Å². The molecule has 1 amide bonds. The maximum atomic E-state index is 13.1. The van der Waals surface area contributed by atoms with Gasteiger partial charge in [-0.2, -0.15) is 13.2 Å². The topological polar surface area (TPSA) is 75.4 Å². The zero-order valence-electron chi connectivity index (χ0n) is 15.4. The summed E-state index contributed by atoms with van der Waals surface area (Å²) >= 11 is 0. The lowest BCUT2D eigenvalue weighted by atomic mass is 9.97. The molecule has 4 rings (SSSR count). The zero-order valence-corrected chi connectivity index (χ0v) is 15.4. The highest BCUT2D eigenvalue weighted by molar-refractivity contribution is 5.79. The summed E-state index contributed by atoms with van der Waals surface area (Å²) in [5, 5.41) is 10.9. The fraction of sp³-hybridized carbons (Fsp3) is 0.368. The van der Waals surface area contributed by atoms with Crippen molar-refractivity contribution in [3.8, 4) is 0 Å². The van der Waals surface area contributed by atoms with Crippen molar-refractivity contribution in [2.45, 2.75) is 25.6 Å². The Morgan fingerprint density at radius 1 is 1.17 bits per heavy atom. The zero-order chi connectivity index (χ0) is 20.4. The summed E-state index contributed by atoms with van der Waals surface area (Å²) in [6.45, 7) is 1.38. The van der Waals surface area contributed by atoms with Crippen molar-refractivity contribution in [2.75, 3.05) is 18.0 Å². The number of rotatable bonds is 4. The van der Waals surface area contributed by atoms with Gasteiger partial charge in [0.25, 0.3) is 0 Å². The van der Waals surface area contributed by atoms with Gasteiger partial charge in [-0.3, -0.25) is 14.2 Å². The Labute approximate surface area is 164 Å². The fourth-order valence-electron chi connectivity index (χ4n) is 3.47. The second-order valence-electron chi connectivity index (χ2n) is 7.00. The average molecular weight is 404 g/mol. The van der Waals surface area contributed by atoms with Crippen LogP contribution in [0.15, 0.2) is 42.9 Å². The third kappa shape index (κ3) is 4.15. The van der Waals surface area contributed by atoms with E-state index in [1.807, 2.05) is 17.0 Å². The molecule has 1 fully saturated rings. The molecule has 1 saturated heterocycles. The number of alkyl halides is 3. The first-order chi connectivity index (χ1) is 13.9. The summed E-state index contributed by atoms with van der Waals surface area (Å²) in [5.74, 6) is -0.0437. The van der Waals surface area contributed by atoms with Gasteiger partial charge in [0.05, 0.1) is 11.5 Å².